The summed E-state index contributed by atoms with van der Waals surface area (Å²) >= 11 is 3.45. The second-order valence-corrected chi connectivity index (χ2v) is 5.50. The van der Waals surface area contributed by atoms with Gasteiger partial charge in [0, 0.05) is 9.86 Å². The molecule has 0 saturated heterocycles. The Labute approximate surface area is 136 Å². The van der Waals surface area contributed by atoms with Crippen LogP contribution in [0.2, 0.25) is 0 Å². The lowest BCUT2D eigenvalue weighted by atomic mass is 10.2. The Morgan fingerprint density at radius 3 is 2.82 bits per heavy atom. The van der Waals surface area contributed by atoms with Crippen molar-refractivity contribution in [2.45, 2.75) is 6.92 Å². The Morgan fingerprint density at radius 2 is 2.05 bits per heavy atom. The molecule has 0 atom stereocenters. The van der Waals surface area contributed by atoms with Crippen LogP contribution in [0.15, 0.2) is 57.4 Å². The number of nitrogens with one attached hydrogen (secondary N) is 1. The van der Waals surface area contributed by atoms with E-state index in [4.69, 9.17) is 9.15 Å². The lowest BCUT2D eigenvalue weighted by Gasteiger charge is -2.10. The molecule has 0 bridgehead atoms. The van der Waals surface area contributed by atoms with Gasteiger partial charge in [-0.1, -0.05) is 34.1 Å². The normalized spacial score (nSPS) is 10.6. The molecule has 0 saturated carbocycles. The smallest absolute Gasteiger partial charge is 0.291 e. The van der Waals surface area contributed by atoms with Crippen molar-refractivity contribution in [1.82, 2.24) is 0 Å². The van der Waals surface area contributed by atoms with Crippen LogP contribution in [-0.2, 0) is 0 Å². The number of carbonyl (C=O) groups excluding carboxylic acids is 1. The molecule has 1 heterocycles. The number of hydrogen-bond acceptors (Lipinski definition) is 3. The summed E-state index contributed by atoms with van der Waals surface area (Å²) in [6.45, 7) is 2.43. The van der Waals surface area contributed by atoms with E-state index in [1.165, 1.54) is 0 Å². The first kappa shape index (κ1) is 14.7. The second kappa shape index (κ2) is 6.23. The molecule has 0 unspecified atom stereocenters. The van der Waals surface area contributed by atoms with Crippen LogP contribution in [0.5, 0.6) is 5.75 Å². The SMILES string of the molecule is CCOc1ccccc1NC(=O)c1cc2c(Br)cccc2o1. The average molecular weight is 360 g/mol. The van der Waals surface area contributed by atoms with Crippen molar-refractivity contribution < 1.29 is 13.9 Å². The van der Waals surface area contributed by atoms with Crippen LogP contribution < -0.4 is 10.1 Å². The average Bonchev–Trinajstić information content (AvgIpc) is 2.95. The van der Waals surface area contributed by atoms with Gasteiger partial charge in [0.25, 0.3) is 5.91 Å². The zero-order valence-corrected chi connectivity index (χ0v) is 13.5. The molecule has 4 nitrogen and oxygen atoms in total. The Kier molecular flexibility index (Phi) is 4.15. The molecule has 3 aromatic rings. The third-order valence-electron chi connectivity index (χ3n) is 3.17. The molecule has 1 aromatic heterocycles. The fourth-order valence-electron chi connectivity index (χ4n) is 2.17. The van der Waals surface area contributed by atoms with Crippen LogP contribution >= 0.6 is 15.9 Å². The molecule has 3 rings (SSSR count). The number of amides is 1. The van der Waals surface area contributed by atoms with E-state index < -0.39 is 0 Å². The van der Waals surface area contributed by atoms with Gasteiger partial charge in [-0.2, -0.15) is 0 Å². The maximum absolute atomic E-state index is 12.4. The number of halogens is 1. The number of ether oxygens (including phenoxy) is 1. The molecular formula is C17H14BrNO3. The maximum atomic E-state index is 12.4. The first-order valence-corrected chi connectivity index (χ1v) is 7.69. The molecule has 5 heteroatoms. The Bertz CT molecular complexity index is 826. The van der Waals surface area contributed by atoms with Crippen molar-refractivity contribution in [3.63, 3.8) is 0 Å². The number of hydrogen-bond donors (Lipinski definition) is 1. The predicted octanol–water partition coefficient (Wildman–Crippen LogP) is 4.85. The lowest BCUT2D eigenvalue weighted by molar-refractivity contribution is 0.0998. The minimum absolute atomic E-state index is 0.258. The van der Waals surface area contributed by atoms with Crippen molar-refractivity contribution >= 4 is 38.5 Å². The first-order chi connectivity index (χ1) is 10.7. The van der Waals surface area contributed by atoms with Crippen molar-refractivity contribution in [3.05, 3.63) is 58.8 Å². The minimum Gasteiger partial charge on any atom is -0.492 e. The fourth-order valence-corrected chi connectivity index (χ4v) is 2.63. The van der Waals surface area contributed by atoms with E-state index in [1.807, 2.05) is 43.3 Å². The highest BCUT2D eigenvalue weighted by molar-refractivity contribution is 9.10. The molecule has 112 valence electrons. The molecule has 0 radical (unpaired) electrons. The summed E-state index contributed by atoms with van der Waals surface area (Å²) in [5.41, 5.74) is 1.28. The zero-order chi connectivity index (χ0) is 15.5. The van der Waals surface area contributed by atoms with Gasteiger partial charge in [0.05, 0.1) is 12.3 Å². The Balaban J connectivity index is 1.89. The van der Waals surface area contributed by atoms with E-state index >= 15 is 0 Å². The van der Waals surface area contributed by atoms with Gasteiger partial charge < -0.3 is 14.5 Å². The third kappa shape index (κ3) is 2.85. The summed E-state index contributed by atoms with van der Waals surface area (Å²) in [6, 6.07) is 14.6. The quantitative estimate of drug-likeness (QED) is 0.724. The van der Waals surface area contributed by atoms with Crippen LogP contribution in [0.25, 0.3) is 11.0 Å². The highest BCUT2D eigenvalue weighted by Gasteiger charge is 2.15. The van der Waals surface area contributed by atoms with E-state index in [-0.39, 0.29) is 11.7 Å². The van der Waals surface area contributed by atoms with E-state index in [0.29, 0.717) is 23.6 Å². The molecule has 1 N–H and O–H groups in total. The van der Waals surface area contributed by atoms with Crippen LogP contribution in [0.4, 0.5) is 5.69 Å². The van der Waals surface area contributed by atoms with Crippen LogP contribution in [0.1, 0.15) is 17.5 Å². The summed E-state index contributed by atoms with van der Waals surface area (Å²) in [5, 5.41) is 3.69. The van der Waals surface area contributed by atoms with Crippen molar-refractivity contribution in [2.24, 2.45) is 0 Å². The molecule has 2 aromatic carbocycles. The Hall–Kier alpha value is -2.27. The fraction of sp³-hybridized carbons (Fsp3) is 0.118. The number of fused-ring (bicyclic) bond motifs is 1. The predicted molar refractivity (Wildman–Crippen MR) is 89.5 cm³/mol. The number of furan rings is 1. The zero-order valence-electron chi connectivity index (χ0n) is 11.9. The molecule has 0 fully saturated rings. The summed E-state index contributed by atoms with van der Waals surface area (Å²) in [5.74, 6) is 0.582. The minimum atomic E-state index is -0.310. The molecule has 0 spiro atoms. The standard InChI is InChI=1S/C17H14BrNO3/c1-2-21-15-8-4-3-7-13(15)19-17(20)16-10-11-12(18)6-5-9-14(11)22-16/h3-10H,2H2,1H3,(H,19,20). The van der Waals surface area contributed by atoms with Gasteiger partial charge in [-0.05, 0) is 37.3 Å². The topological polar surface area (TPSA) is 51.5 Å². The van der Waals surface area contributed by atoms with Crippen LogP contribution in [0, 0.1) is 0 Å². The summed E-state index contributed by atoms with van der Waals surface area (Å²) in [4.78, 5) is 12.4. The van der Waals surface area contributed by atoms with Crippen LogP contribution in [0.3, 0.4) is 0 Å². The highest BCUT2D eigenvalue weighted by atomic mass is 79.9. The lowest BCUT2D eigenvalue weighted by Crippen LogP contribution is -2.12. The van der Waals surface area contributed by atoms with E-state index in [9.17, 15) is 4.79 Å². The molecule has 0 aliphatic heterocycles. The number of para-hydroxylation sites is 2. The number of carbonyl (C=O) groups is 1. The largest absolute Gasteiger partial charge is 0.492 e. The van der Waals surface area contributed by atoms with Gasteiger partial charge >= 0.3 is 0 Å². The van der Waals surface area contributed by atoms with E-state index in [1.54, 1.807) is 12.1 Å². The molecule has 0 aliphatic carbocycles. The van der Waals surface area contributed by atoms with Gasteiger partial charge in [0.15, 0.2) is 5.76 Å². The van der Waals surface area contributed by atoms with Gasteiger partial charge in [0.1, 0.15) is 11.3 Å². The van der Waals surface area contributed by atoms with E-state index in [2.05, 4.69) is 21.2 Å². The second-order valence-electron chi connectivity index (χ2n) is 4.65. The summed E-state index contributed by atoms with van der Waals surface area (Å²) in [7, 11) is 0. The molecule has 1 amide bonds. The van der Waals surface area contributed by atoms with Gasteiger partial charge in [-0.3, -0.25) is 4.79 Å². The van der Waals surface area contributed by atoms with Crippen molar-refractivity contribution in [2.75, 3.05) is 11.9 Å². The molecule has 0 aliphatic rings. The van der Waals surface area contributed by atoms with Gasteiger partial charge in [-0.15, -0.1) is 0 Å². The number of rotatable bonds is 4. The van der Waals surface area contributed by atoms with Crippen molar-refractivity contribution in [1.29, 1.82) is 0 Å². The molecular weight excluding hydrogens is 346 g/mol. The monoisotopic (exact) mass is 359 g/mol. The molecule has 22 heavy (non-hydrogen) atoms. The van der Waals surface area contributed by atoms with Crippen molar-refractivity contribution in [3.8, 4) is 5.75 Å². The van der Waals surface area contributed by atoms with Gasteiger partial charge in [-0.25, -0.2) is 0 Å². The maximum Gasteiger partial charge on any atom is 0.291 e. The third-order valence-corrected chi connectivity index (χ3v) is 3.86. The van der Waals surface area contributed by atoms with Gasteiger partial charge in [0.2, 0.25) is 0 Å². The first-order valence-electron chi connectivity index (χ1n) is 6.90. The summed E-state index contributed by atoms with van der Waals surface area (Å²) < 4.78 is 12.0. The summed E-state index contributed by atoms with van der Waals surface area (Å²) in [6.07, 6.45) is 0. The highest BCUT2D eigenvalue weighted by Crippen LogP contribution is 2.28. The van der Waals surface area contributed by atoms with Crippen LogP contribution in [-0.4, -0.2) is 12.5 Å². The number of anilines is 1. The number of benzene rings is 2. The Morgan fingerprint density at radius 1 is 1.23 bits per heavy atom. The van der Waals surface area contributed by atoms with E-state index in [0.717, 1.165) is 9.86 Å².